The number of nitrogens with one attached hydrogen (secondary N) is 1. The Morgan fingerprint density at radius 1 is 1.67 bits per heavy atom. The van der Waals surface area contributed by atoms with Gasteiger partial charge in [-0.05, 0) is 6.42 Å². The molecule has 0 aliphatic carbocycles. The molecule has 0 aromatic rings. The van der Waals surface area contributed by atoms with Gasteiger partial charge in [0.05, 0.1) is 12.6 Å². The van der Waals surface area contributed by atoms with E-state index in [-0.39, 0.29) is 35.5 Å². The van der Waals surface area contributed by atoms with Gasteiger partial charge in [-0.25, -0.2) is 0 Å². The molecule has 12 heavy (non-hydrogen) atoms. The summed E-state index contributed by atoms with van der Waals surface area (Å²) < 4.78 is 0. The van der Waals surface area contributed by atoms with Crippen LogP contribution in [-0.4, -0.2) is 30.1 Å². The van der Waals surface area contributed by atoms with Gasteiger partial charge in [-0.1, -0.05) is 0 Å². The Labute approximate surface area is 92.4 Å². The summed E-state index contributed by atoms with van der Waals surface area (Å²) in [7, 11) is 0. The van der Waals surface area contributed by atoms with Crippen molar-refractivity contribution in [3.05, 3.63) is 0 Å². The summed E-state index contributed by atoms with van der Waals surface area (Å²) in [6.45, 7) is -0.00116. The van der Waals surface area contributed by atoms with Crippen molar-refractivity contribution >= 4 is 11.9 Å². The van der Waals surface area contributed by atoms with Gasteiger partial charge in [0.15, 0.2) is 0 Å². The number of rotatable bonds is 1. The molecule has 0 saturated carbocycles. The Hall–Kier alpha value is -0.100. The van der Waals surface area contributed by atoms with Crippen molar-refractivity contribution in [1.29, 1.82) is 0 Å². The van der Waals surface area contributed by atoms with Crippen molar-refractivity contribution in [1.82, 2.24) is 5.32 Å². The smallest absolute Gasteiger partial charge is 0.548 e. The van der Waals surface area contributed by atoms with Crippen molar-refractivity contribution in [2.24, 2.45) is 0 Å². The zero-order valence-electron chi connectivity index (χ0n) is 7.00. The van der Waals surface area contributed by atoms with E-state index in [0.29, 0.717) is 0 Å². The second-order valence-electron chi connectivity index (χ2n) is 1.98. The monoisotopic (exact) mass is 183 g/mol. The van der Waals surface area contributed by atoms with Crippen LogP contribution >= 0.6 is 0 Å². The summed E-state index contributed by atoms with van der Waals surface area (Å²) in [6.07, 6.45) is 1.76. The first-order valence-electron chi connectivity index (χ1n) is 3.24. The molecule has 0 aromatic heterocycles. The molecular weight excluding hydrogens is 173 g/mol. The van der Waals surface area contributed by atoms with Gasteiger partial charge in [0.25, 0.3) is 0 Å². The first-order valence-corrected chi connectivity index (χ1v) is 3.24. The molecule has 1 heterocycles. The van der Waals surface area contributed by atoms with Crippen LogP contribution in [0.3, 0.4) is 0 Å². The van der Waals surface area contributed by atoms with Crippen LogP contribution in [0.5, 0.6) is 0 Å². The van der Waals surface area contributed by atoms with Gasteiger partial charge in [-0.2, -0.15) is 0 Å². The molecule has 1 aliphatic heterocycles. The van der Waals surface area contributed by atoms with Gasteiger partial charge < -0.3 is 20.3 Å². The number of amides is 1. The summed E-state index contributed by atoms with van der Waals surface area (Å²) in [5.41, 5.74) is 0. The number of carboxylic acids is 1. The number of carbonyl (C=O) groups excluding carboxylic acids is 2. The summed E-state index contributed by atoms with van der Waals surface area (Å²) in [5.74, 6) is -1.24. The molecule has 5 nitrogen and oxygen atoms in total. The molecule has 0 spiro atoms. The van der Waals surface area contributed by atoms with E-state index < -0.39 is 12.6 Å². The second kappa shape index (κ2) is 8.99. The fourth-order valence-corrected chi connectivity index (χ4v) is 0.565. The number of aliphatic carboxylic acids is 1. The van der Waals surface area contributed by atoms with E-state index in [1.807, 2.05) is 0 Å². The van der Waals surface area contributed by atoms with Crippen LogP contribution in [0.15, 0.2) is 0 Å². The van der Waals surface area contributed by atoms with E-state index in [2.05, 4.69) is 5.32 Å². The van der Waals surface area contributed by atoms with Crippen molar-refractivity contribution in [3.63, 3.8) is 0 Å². The molecule has 1 fully saturated rings. The predicted octanol–water partition coefficient (Wildman–Crippen LogP) is -5.37. The molecule has 1 rings (SSSR count). The maximum absolute atomic E-state index is 10.1. The van der Waals surface area contributed by atoms with Crippen LogP contribution in [0.2, 0.25) is 0 Å². The van der Waals surface area contributed by atoms with Gasteiger partial charge in [-0.3, -0.25) is 4.79 Å². The Balaban J connectivity index is 0. The van der Waals surface area contributed by atoms with Crippen molar-refractivity contribution in [2.45, 2.75) is 12.8 Å². The zero-order valence-corrected chi connectivity index (χ0v) is 9.00. The van der Waals surface area contributed by atoms with Crippen LogP contribution in [0, 0.1) is 0 Å². The molecule has 2 N–H and O–H groups in total. The second-order valence-corrected chi connectivity index (χ2v) is 1.98. The van der Waals surface area contributed by atoms with E-state index in [0.717, 1.165) is 19.4 Å². The maximum Gasteiger partial charge on any atom is 1.00 e. The predicted molar refractivity (Wildman–Crippen MR) is 34.3 cm³/mol. The van der Waals surface area contributed by atoms with E-state index >= 15 is 0 Å². The molecule has 0 atom stereocenters. The van der Waals surface area contributed by atoms with Crippen LogP contribution in [0.25, 0.3) is 0 Å². The van der Waals surface area contributed by atoms with Crippen molar-refractivity contribution < 1.29 is 49.4 Å². The molecule has 1 amide bonds. The number of carboxylic acid groups (broad SMARTS) is 1. The number of aliphatic hydroxyl groups is 1. The first-order chi connectivity index (χ1) is 5.16. The molecule has 1 aliphatic rings. The topological polar surface area (TPSA) is 89.5 Å². The molecule has 0 aromatic carbocycles. The Kier molecular flexibility index (Phi) is 10.8. The third kappa shape index (κ3) is 9.90. The van der Waals surface area contributed by atoms with E-state index in [4.69, 9.17) is 15.0 Å². The third-order valence-corrected chi connectivity index (χ3v) is 1.03. The number of hydrogen-bond donors (Lipinski definition) is 2. The summed E-state index contributed by atoms with van der Waals surface area (Å²) in [5, 5.41) is 19.2. The SMILES string of the molecule is O=C([O-])CO.O=C1CCCN1.[Na+]. The standard InChI is InChI=1S/C4H7NO.C2H4O3.Na/c6-4-2-1-3-5-4;3-1-2(4)5;/h1-3H2,(H,5,6);3H,1H2,(H,4,5);/q;;+1/p-1. The average molecular weight is 183 g/mol. The minimum Gasteiger partial charge on any atom is -0.548 e. The normalized spacial score (nSPS) is 13.6. The van der Waals surface area contributed by atoms with Crippen LogP contribution in [0.4, 0.5) is 0 Å². The number of aliphatic hydroxyl groups excluding tert-OH is 1. The fourth-order valence-electron chi connectivity index (χ4n) is 0.565. The van der Waals surface area contributed by atoms with E-state index in [1.54, 1.807) is 0 Å². The average Bonchev–Trinajstić information content (AvgIpc) is 2.41. The van der Waals surface area contributed by atoms with Gasteiger partial charge in [0.1, 0.15) is 0 Å². The van der Waals surface area contributed by atoms with Crippen LogP contribution in [-0.2, 0) is 9.59 Å². The molecule has 6 heteroatoms. The minimum atomic E-state index is -1.44. The number of hydrogen-bond acceptors (Lipinski definition) is 4. The Bertz CT molecular complexity index is 142. The summed E-state index contributed by atoms with van der Waals surface area (Å²) in [6, 6.07) is 0. The summed E-state index contributed by atoms with van der Waals surface area (Å²) in [4.78, 5) is 19.1. The molecular formula is C6H10NNaO4. The fraction of sp³-hybridized carbons (Fsp3) is 0.667. The van der Waals surface area contributed by atoms with Crippen molar-refractivity contribution in [3.8, 4) is 0 Å². The number of carbonyl (C=O) groups is 2. The minimum absolute atomic E-state index is 0. The first kappa shape index (κ1) is 14.4. The molecule has 0 unspecified atom stereocenters. The van der Waals surface area contributed by atoms with Gasteiger partial charge in [0.2, 0.25) is 5.91 Å². The van der Waals surface area contributed by atoms with E-state index in [9.17, 15) is 4.79 Å². The summed E-state index contributed by atoms with van der Waals surface area (Å²) >= 11 is 0. The van der Waals surface area contributed by atoms with Crippen molar-refractivity contribution in [2.75, 3.05) is 13.2 Å². The largest absolute Gasteiger partial charge is 1.00 e. The van der Waals surface area contributed by atoms with Gasteiger partial charge >= 0.3 is 29.6 Å². The maximum atomic E-state index is 10.1. The molecule has 64 valence electrons. The molecule has 0 radical (unpaired) electrons. The van der Waals surface area contributed by atoms with E-state index in [1.165, 1.54) is 0 Å². The van der Waals surface area contributed by atoms with Crippen LogP contribution < -0.4 is 40.0 Å². The van der Waals surface area contributed by atoms with Crippen LogP contribution in [0.1, 0.15) is 12.8 Å². The quantitative estimate of drug-likeness (QED) is 0.397. The Morgan fingerprint density at radius 2 is 2.17 bits per heavy atom. The molecule has 1 saturated heterocycles. The zero-order chi connectivity index (χ0) is 8.69. The van der Waals surface area contributed by atoms with Gasteiger partial charge in [-0.15, -0.1) is 0 Å². The Morgan fingerprint density at radius 3 is 2.25 bits per heavy atom. The third-order valence-electron chi connectivity index (χ3n) is 1.03. The van der Waals surface area contributed by atoms with Gasteiger partial charge in [0, 0.05) is 13.0 Å². The molecule has 0 bridgehead atoms.